The average Bonchev–Trinajstić information content (AvgIpc) is 2.28. The van der Waals surface area contributed by atoms with Gasteiger partial charge in [-0.1, -0.05) is 43.5 Å². The molecule has 0 radical (unpaired) electrons. The highest BCUT2D eigenvalue weighted by atomic mass is 32.2. The number of rotatable bonds is 3. The van der Waals surface area contributed by atoms with Gasteiger partial charge in [-0.2, -0.15) is 0 Å². The third-order valence-electron chi connectivity index (χ3n) is 3.68. The van der Waals surface area contributed by atoms with Gasteiger partial charge in [0, 0.05) is 11.8 Å². The van der Waals surface area contributed by atoms with E-state index < -0.39 is 9.84 Å². The molecule has 0 spiro atoms. The molecule has 0 amide bonds. The van der Waals surface area contributed by atoms with Gasteiger partial charge in [0.15, 0.2) is 9.84 Å². The first-order valence-electron chi connectivity index (χ1n) is 6.45. The Morgan fingerprint density at radius 3 is 2.50 bits per heavy atom. The summed E-state index contributed by atoms with van der Waals surface area (Å²) in [6.45, 7) is 0. The van der Waals surface area contributed by atoms with Gasteiger partial charge in [-0.25, -0.2) is 8.42 Å². The number of hydrogen-bond donors (Lipinski definition) is 1. The van der Waals surface area contributed by atoms with E-state index in [2.05, 4.69) is 0 Å². The van der Waals surface area contributed by atoms with Gasteiger partial charge in [-0.15, -0.1) is 0 Å². The molecule has 0 aliphatic heterocycles. The second kappa shape index (κ2) is 5.02. The van der Waals surface area contributed by atoms with Gasteiger partial charge in [-0.3, -0.25) is 0 Å². The summed E-state index contributed by atoms with van der Waals surface area (Å²) in [4.78, 5) is 0. The zero-order valence-corrected chi connectivity index (χ0v) is 11.7. The fourth-order valence-electron chi connectivity index (χ4n) is 2.74. The van der Waals surface area contributed by atoms with Crippen LogP contribution in [0.1, 0.15) is 43.2 Å². The lowest BCUT2D eigenvalue weighted by atomic mass is 9.77. The molecule has 1 aromatic rings. The summed E-state index contributed by atoms with van der Waals surface area (Å²) < 4.78 is 22.7. The molecule has 0 aromatic heterocycles. The quantitative estimate of drug-likeness (QED) is 0.914. The van der Waals surface area contributed by atoms with Crippen LogP contribution in [0.5, 0.6) is 0 Å². The van der Waals surface area contributed by atoms with Crippen LogP contribution in [-0.4, -0.2) is 14.7 Å². The molecule has 100 valence electrons. The summed E-state index contributed by atoms with van der Waals surface area (Å²) in [6.07, 6.45) is 6.82. The van der Waals surface area contributed by atoms with Crippen molar-refractivity contribution in [2.45, 2.75) is 43.4 Å². The molecule has 2 rings (SSSR count). The predicted molar refractivity (Wildman–Crippen MR) is 73.9 cm³/mol. The Hall–Kier alpha value is -0.870. The van der Waals surface area contributed by atoms with Gasteiger partial charge in [-0.05, 0) is 24.0 Å². The fourth-order valence-corrected chi connectivity index (χ4v) is 3.53. The highest BCUT2D eigenvalue weighted by Gasteiger charge is 2.29. The van der Waals surface area contributed by atoms with Gasteiger partial charge in [0.05, 0.1) is 5.75 Å². The molecular formula is C14H21NO2S. The lowest BCUT2D eigenvalue weighted by molar-refractivity contribution is 0.302. The molecule has 1 aliphatic rings. The molecule has 0 atom stereocenters. The number of benzene rings is 1. The van der Waals surface area contributed by atoms with Gasteiger partial charge in [0.1, 0.15) is 0 Å². The Balaban J connectivity index is 2.26. The van der Waals surface area contributed by atoms with E-state index in [1.54, 1.807) is 0 Å². The second-order valence-corrected chi connectivity index (χ2v) is 7.63. The van der Waals surface area contributed by atoms with E-state index in [9.17, 15) is 8.42 Å². The lowest BCUT2D eigenvalue weighted by Crippen LogP contribution is -2.38. The second-order valence-electron chi connectivity index (χ2n) is 5.49. The van der Waals surface area contributed by atoms with Crippen LogP contribution in [0.25, 0.3) is 0 Å². The largest absolute Gasteiger partial charge is 0.321 e. The summed E-state index contributed by atoms with van der Waals surface area (Å²) in [6, 6.07) is 7.76. The van der Waals surface area contributed by atoms with E-state index in [-0.39, 0.29) is 11.3 Å². The SMILES string of the molecule is CS(=O)(=O)Cc1cccc(C2(N)CCCCC2)c1. The molecule has 3 nitrogen and oxygen atoms in total. The van der Waals surface area contributed by atoms with E-state index in [1.807, 2.05) is 24.3 Å². The first-order valence-corrected chi connectivity index (χ1v) is 8.51. The zero-order chi connectivity index (χ0) is 13.2. The van der Waals surface area contributed by atoms with Crippen molar-refractivity contribution in [3.63, 3.8) is 0 Å². The minimum Gasteiger partial charge on any atom is -0.321 e. The number of sulfone groups is 1. The topological polar surface area (TPSA) is 60.2 Å². The fraction of sp³-hybridized carbons (Fsp3) is 0.571. The van der Waals surface area contributed by atoms with Gasteiger partial charge in [0.25, 0.3) is 0 Å². The maximum atomic E-state index is 11.3. The molecule has 0 saturated heterocycles. The average molecular weight is 267 g/mol. The molecule has 4 heteroatoms. The van der Waals surface area contributed by atoms with Gasteiger partial charge >= 0.3 is 0 Å². The van der Waals surface area contributed by atoms with Crippen molar-refractivity contribution < 1.29 is 8.42 Å². The smallest absolute Gasteiger partial charge is 0.151 e. The van der Waals surface area contributed by atoms with Crippen LogP contribution < -0.4 is 5.73 Å². The van der Waals surface area contributed by atoms with Gasteiger partial charge in [0.2, 0.25) is 0 Å². The van der Waals surface area contributed by atoms with Crippen LogP contribution in [0.3, 0.4) is 0 Å². The summed E-state index contributed by atoms with van der Waals surface area (Å²) in [5.74, 6) is 0.0942. The standard InChI is InChI=1S/C14H21NO2S/c1-18(16,17)11-12-6-5-7-13(10-12)14(15)8-3-2-4-9-14/h5-7,10H,2-4,8-9,11,15H2,1H3. The summed E-state index contributed by atoms with van der Waals surface area (Å²) in [5, 5.41) is 0. The minimum atomic E-state index is -2.99. The molecule has 2 N–H and O–H groups in total. The van der Waals surface area contributed by atoms with Crippen molar-refractivity contribution in [1.29, 1.82) is 0 Å². The first kappa shape index (κ1) is 13.6. The normalized spacial score (nSPS) is 19.7. The van der Waals surface area contributed by atoms with Crippen LogP contribution in [0, 0.1) is 0 Å². The summed E-state index contributed by atoms with van der Waals surface area (Å²) in [7, 11) is -2.99. The maximum Gasteiger partial charge on any atom is 0.151 e. The first-order chi connectivity index (χ1) is 8.39. The Bertz CT molecular complexity index is 516. The van der Waals surface area contributed by atoms with Crippen molar-refractivity contribution in [2.75, 3.05) is 6.26 Å². The van der Waals surface area contributed by atoms with Gasteiger partial charge < -0.3 is 5.73 Å². The highest BCUT2D eigenvalue weighted by Crippen LogP contribution is 2.35. The molecule has 1 saturated carbocycles. The van der Waals surface area contributed by atoms with Crippen LogP contribution in [0.4, 0.5) is 0 Å². The monoisotopic (exact) mass is 267 g/mol. The minimum absolute atomic E-state index is 0.0942. The van der Waals surface area contributed by atoms with Crippen molar-refractivity contribution in [3.8, 4) is 0 Å². The van der Waals surface area contributed by atoms with Crippen LogP contribution in [0.15, 0.2) is 24.3 Å². The Morgan fingerprint density at radius 1 is 1.22 bits per heavy atom. The van der Waals surface area contributed by atoms with Crippen molar-refractivity contribution in [1.82, 2.24) is 0 Å². The molecule has 0 heterocycles. The van der Waals surface area contributed by atoms with E-state index in [1.165, 1.54) is 12.7 Å². The molecule has 1 fully saturated rings. The van der Waals surface area contributed by atoms with E-state index >= 15 is 0 Å². The van der Waals surface area contributed by atoms with Crippen molar-refractivity contribution in [3.05, 3.63) is 35.4 Å². The third-order valence-corrected chi connectivity index (χ3v) is 4.53. The zero-order valence-electron chi connectivity index (χ0n) is 10.9. The predicted octanol–water partition coefficient (Wildman–Crippen LogP) is 2.35. The summed E-state index contributed by atoms with van der Waals surface area (Å²) in [5.41, 5.74) is 8.13. The molecule has 0 unspecified atom stereocenters. The van der Waals surface area contributed by atoms with Crippen molar-refractivity contribution in [2.24, 2.45) is 5.73 Å². The Labute approximate surface area is 109 Å². The molecule has 1 aliphatic carbocycles. The van der Waals surface area contributed by atoms with E-state index in [0.29, 0.717) is 0 Å². The lowest BCUT2D eigenvalue weighted by Gasteiger charge is -2.34. The van der Waals surface area contributed by atoms with E-state index in [4.69, 9.17) is 5.73 Å². The van der Waals surface area contributed by atoms with Crippen molar-refractivity contribution >= 4 is 9.84 Å². The van der Waals surface area contributed by atoms with Crippen LogP contribution in [-0.2, 0) is 21.1 Å². The molecule has 1 aromatic carbocycles. The number of nitrogens with two attached hydrogens (primary N) is 1. The molecule has 18 heavy (non-hydrogen) atoms. The van der Waals surface area contributed by atoms with E-state index in [0.717, 1.165) is 36.8 Å². The third kappa shape index (κ3) is 3.33. The summed E-state index contributed by atoms with van der Waals surface area (Å²) >= 11 is 0. The molecule has 0 bridgehead atoms. The Morgan fingerprint density at radius 2 is 1.89 bits per heavy atom. The van der Waals surface area contributed by atoms with Crippen LogP contribution >= 0.6 is 0 Å². The number of hydrogen-bond acceptors (Lipinski definition) is 3. The Kier molecular flexibility index (Phi) is 3.78. The highest BCUT2D eigenvalue weighted by molar-refractivity contribution is 7.89. The maximum absolute atomic E-state index is 11.3. The molecular weight excluding hydrogens is 246 g/mol. The van der Waals surface area contributed by atoms with Crippen LogP contribution in [0.2, 0.25) is 0 Å².